The Bertz CT molecular complexity index is 539. The van der Waals surface area contributed by atoms with E-state index in [1.807, 2.05) is 0 Å². The first-order valence-electron chi connectivity index (χ1n) is 5.21. The molecular weight excluding hydrogens is 261 g/mol. The zero-order valence-corrected chi connectivity index (χ0v) is 9.55. The first kappa shape index (κ1) is 13.2. The van der Waals surface area contributed by atoms with Gasteiger partial charge in [0.1, 0.15) is 11.4 Å². The largest absolute Gasteiger partial charge is 0.433 e. The summed E-state index contributed by atoms with van der Waals surface area (Å²) in [5.74, 6) is 0.119. The van der Waals surface area contributed by atoms with Crippen LogP contribution in [0.15, 0.2) is 30.7 Å². The van der Waals surface area contributed by atoms with Crippen LogP contribution < -0.4 is 10.5 Å². The maximum absolute atomic E-state index is 12.3. The number of halogens is 3. The number of hydrogen-bond acceptors (Lipinski definition) is 5. The monoisotopic (exact) mass is 270 g/mol. The quantitative estimate of drug-likeness (QED) is 0.924. The number of nitrogens with two attached hydrogens (primary N) is 1. The highest BCUT2D eigenvalue weighted by atomic mass is 19.4. The minimum atomic E-state index is -4.47. The van der Waals surface area contributed by atoms with E-state index in [4.69, 9.17) is 10.5 Å². The smallest absolute Gasteiger partial charge is 0.423 e. The summed E-state index contributed by atoms with van der Waals surface area (Å²) in [6, 6.07) is 1.98. The molecule has 0 aliphatic carbocycles. The lowest BCUT2D eigenvalue weighted by molar-refractivity contribution is -0.141. The molecule has 0 spiro atoms. The molecule has 0 saturated heterocycles. The van der Waals surface area contributed by atoms with Crippen molar-refractivity contribution in [1.29, 1.82) is 0 Å². The average molecular weight is 270 g/mol. The number of aromatic nitrogens is 3. The van der Waals surface area contributed by atoms with Crippen LogP contribution in [0.4, 0.5) is 13.2 Å². The first-order valence-corrected chi connectivity index (χ1v) is 5.21. The molecule has 100 valence electrons. The highest BCUT2D eigenvalue weighted by Crippen LogP contribution is 2.28. The molecule has 0 atom stereocenters. The van der Waals surface area contributed by atoms with Crippen molar-refractivity contribution in [3.05, 3.63) is 42.0 Å². The standard InChI is InChI=1S/C11H9F3N4O/c12-11(13,14)9-2-1-8(6-16-9)19-10-17-4-7(3-15)5-18-10/h1-2,4-6H,3,15H2. The summed E-state index contributed by atoms with van der Waals surface area (Å²) in [7, 11) is 0. The van der Waals surface area contributed by atoms with Crippen LogP contribution in [-0.2, 0) is 12.7 Å². The van der Waals surface area contributed by atoms with Crippen LogP contribution in [0, 0.1) is 0 Å². The Morgan fingerprint density at radius 2 is 1.74 bits per heavy atom. The Balaban J connectivity index is 2.10. The molecule has 2 aromatic rings. The van der Waals surface area contributed by atoms with E-state index in [1.165, 1.54) is 12.4 Å². The van der Waals surface area contributed by atoms with Gasteiger partial charge >= 0.3 is 12.2 Å². The first-order chi connectivity index (χ1) is 8.99. The second-order valence-electron chi connectivity index (χ2n) is 3.56. The molecule has 0 bridgehead atoms. The fraction of sp³-hybridized carbons (Fsp3) is 0.182. The Labute approximate surface area is 106 Å². The number of nitrogens with zero attached hydrogens (tertiary/aromatic N) is 3. The summed E-state index contributed by atoms with van der Waals surface area (Å²) < 4.78 is 42.0. The maximum Gasteiger partial charge on any atom is 0.433 e. The highest BCUT2D eigenvalue weighted by Gasteiger charge is 2.32. The van der Waals surface area contributed by atoms with E-state index >= 15 is 0 Å². The van der Waals surface area contributed by atoms with Gasteiger partial charge in [-0.05, 0) is 12.1 Å². The van der Waals surface area contributed by atoms with Gasteiger partial charge in [-0.15, -0.1) is 0 Å². The van der Waals surface area contributed by atoms with Crippen molar-refractivity contribution in [3.8, 4) is 11.8 Å². The van der Waals surface area contributed by atoms with Gasteiger partial charge in [0, 0.05) is 24.5 Å². The van der Waals surface area contributed by atoms with Gasteiger partial charge in [-0.1, -0.05) is 0 Å². The van der Waals surface area contributed by atoms with Gasteiger partial charge in [0.25, 0.3) is 0 Å². The van der Waals surface area contributed by atoms with Gasteiger partial charge in [-0.25, -0.2) is 15.0 Å². The van der Waals surface area contributed by atoms with Crippen LogP contribution in [0.3, 0.4) is 0 Å². The molecule has 0 radical (unpaired) electrons. The van der Waals surface area contributed by atoms with E-state index in [2.05, 4.69) is 15.0 Å². The fourth-order valence-electron chi connectivity index (χ4n) is 1.21. The minimum Gasteiger partial charge on any atom is -0.423 e. The Kier molecular flexibility index (Phi) is 3.61. The molecular formula is C11H9F3N4O. The summed E-state index contributed by atoms with van der Waals surface area (Å²) in [6.45, 7) is 0.294. The third kappa shape index (κ3) is 3.38. The van der Waals surface area contributed by atoms with Crippen LogP contribution in [0.2, 0.25) is 0 Å². The summed E-state index contributed by atoms with van der Waals surface area (Å²) in [6.07, 6.45) is -0.569. The molecule has 0 aliphatic heterocycles. The molecule has 19 heavy (non-hydrogen) atoms. The van der Waals surface area contributed by atoms with Crippen LogP contribution in [0.25, 0.3) is 0 Å². The van der Waals surface area contributed by atoms with E-state index in [0.717, 1.165) is 23.9 Å². The fourth-order valence-corrected chi connectivity index (χ4v) is 1.21. The number of alkyl halides is 3. The number of hydrogen-bond donors (Lipinski definition) is 1. The van der Waals surface area contributed by atoms with E-state index < -0.39 is 11.9 Å². The normalized spacial score (nSPS) is 11.4. The molecule has 0 fully saturated rings. The lowest BCUT2D eigenvalue weighted by Crippen LogP contribution is -2.07. The molecule has 0 aliphatic rings. The summed E-state index contributed by atoms with van der Waals surface area (Å²) in [5, 5.41) is 0. The van der Waals surface area contributed by atoms with Gasteiger partial charge in [0.05, 0.1) is 6.20 Å². The van der Waals surface area contributed by atoms with Crippen LogP contribution in [0.5, 0.6) is 11.8 Å². The van der Waals surface area contributed by atoms with E-state index in [0.29, 0.717) is 6.54 Å². The van der Waals surface area contributed by atoms with Crippen LogP contribution in [0.1, 0.15) is 11.3 Å². The molecule has 0 saturated carbocycles. The molecule has 2 rings (SSSR count). The Morgan fingerprint density at radius 1 is 1.05 bits per heavy atom. The zero-order valence-electron chi connectivity index (χ0n) is 9.55. The topological polar surface area (TPSA) is 73.9 Å². The lowest BCUT2D eigenvalue weighted by Gasteiger charge is -2.07. The van der Waals surface area contributed by atoms with Crippen molar-refractivity contribution in [2.45, 2.75) is 12.7 Å². The summed E-state index contributed by atoms with van der Waals surface area (Å²) in [4.78, 5) is 11.0. The second kappa shape index (κ2) is 5.19. The van der Waals surface area contributed by atoms with Crippen molar-refractivity contribution in [2.75, 3.05) is 0 Å². The third-order valence-corrected chi connectivity index (χ3v) is 2.15. The summed E-state index contributed by atoms with van der Waals surface area (Å²) >= 11 is 0. The highest BCUT2D eigenvalue weighted by molar-refractivity contribution is 5.24. The Morgan fingerprint density at radius 3 is 2.21 bits per heavy atom. The van der Waals surface area contributed by atoms with Crippen LogP contribution in [-0.4, -0.2) is 15.0 Å². The maximum atomic E-state index is 12.3. The van der Waals surface area contributed by atoms with Gasteiger partial charge in [-0.3, -0.25) is 0 Å². The molecule has 0 amide bonds. The molecule has 0 unspecified atom stereocenters. The number of rotatable bonds is 3. The zero-order chi connectivity index (χ0) is 13.9. The van der Waals surface area contributed by atoms with E-state index in [1.54, 1.807) is 0 Å². The van der Waals surface area contributed by atoms with E-state index in [-0.39, 0.29) is 11.8 Å². The second-order valence-corrected chi connectivity index (χ2v) is 3.56. The Hall–Kier alpha value is -2.22. The third-order valence-electron chi connectivity index (χ3n) is 2.15. The number of ether oxygens (including phenoxy) is 1. The van der Waals surface area contributed by atoms with Crippen molar-refractivity contribution < 1.29 is 17.9 Å². The molecule has 8 heteroatoms. The predicted molar refractivity (Wildman–Crippen MR) is 59.2 cm³/mol. The van der Waals surface area contributed by atoms with E-state index in [9.17, 15) is 13.2 Å². The van der Waals surface area contributed by atoms with Gasteiger partial charge in [0.2, 0.25) is 0 Å². The number of pyridine rings is 1. The molecule has 2 heterocycles. The van der Waals surface area contributed by atoms with Crippen molar-refractivity contribution in [2.24, 2.45) is 5.73 Å². The molecule has 0 aromatic carbocycles. The lowest BCUT2D eigenvalue weighted by atomic mass is 10.3. The molecule has 2 aromatic heterocycles. The van der Waals surface area contributed by atoms with Crippen molar-refractivity contribution in [1.82, 2.24) is 15.0 Å². The molecule has 5 nitrogen and oxygen atoms in total. The van der Waals surface area contributed by atoms with Gasteiger partial charge < -0.3 is 10.5 Å². The van der Waals surface area contributed by atoms with Crippen molar-refractivity contribution >= 4 is 0 Å². The van der Waals surface area contributed by atoms with Gasteiger partial charge in [0.15, 0.2) is 0 Å². The average Bonchev–Trinajstić information content (AvgIpc) is 2.39. The predicted octanol–water partition coefficient (Wildman–Crippen LogP) is 2.14. The van der Waals surface area contributed by atoms with Crippen LogP contribution >= 0.6 is 0 Å². The minimum absolute atomic E-state index is 0.0127. The summed E-state index contributed by atoms with van der Waals surface area (Å²) in [5.41, 5.74) is 5.11. The molecule has 2 N–H and O–H groups in total. The van der Waals surface area contributed by atoms with Gasteiger partial charge in [-0.2, -0.15) is 13.2 Å². The SMILES string of the molecule is NCc1cnc(Oc2ccc(C(F)(F)F)nc2)nc1. The van der Waals surface area contributed by atoms with Crippen molar-refractivity contribution in [3.63, 3.8) is 0 Å².